The Bertz CT molecular complexity index is 264. The molecule has 0 aliphatic heterocycles. The summed E-state index contributed by atoms with van der Waals surface area (Å²) in [4.78, 5) is 0. The maximum absolute atomic E-state index is 9.29. The number of hydrogen-bond donors (Lipinski definition) is 2. The van der Waals surface area contributed by atoms with Gasteiger partial charge in [0.05, 0.1) is 19.3 Å². The highest BCUT2D eigenvalue weighted by Gasteiger charge is 2.12. The van der Waals surface area contributed by atoms with Gasteiger partial charge in [-0.15, -0.1) is 0 Å². The third-order valence-electron chi connectivity index (χ3n) is 2.29. The number of aliphatic hydroxyl groups excluding tert-OH is 1. The number of ether oxygens (including phenoxy) is 1. The van der Waals surface area contributed by atoms with Gasteiger partial charge in [-0.05, 0) is 12.5 Å². The Morgan fingerprint density at radius 3 is 2.53 bits per heavy atom. The van der Waals surface area contributed by atoms with Crippen molar-refractivity contribution >= 4 is 0 Å². The van der Waals surface area contributed by atoms with E-state index in [1.807, 2.05) is 37.3 Å². The molecule has 0 amide bonds. The molecule has 1 aromatic carbocycles. The predicted octanol–water partition coefficient (Wildman–Crippen LogP) is 1.34. The number of hydrogen-bond acceptors (Lipinski definition) is 3. The lowest BCUT2D eigenvalue weighted by Gasteiger charge is -2.21. The summed E-state index contributed by atoms with van der Waals surface area (Å²) in [5, 5.41) is 12.6. The van der Waals surface area contributed by atoms with Gasteiger partial charge in [0, 0.05) is 13.2 Å². The maximum atomic E-state index is 9.29. The van der Waals surface area contributed by atoms with Crippen LogP contribution in [0.15, 0.2) is 30.3 Å². The molecule has 2 N–H and O–H groups in total. The zero-order valence-corrected chi connectivity index (χ0v) is 9.31. The van der Waals surface area contributed by atoms with Crippen LogP contribution in [0.2, 0.25) is 0 Å². The minimum atomic E-state index is -0.0173. The average Bonchev–Trinajstić information content (AvgIpc) is 2.27. The summed E-state index contributed by atoms with van der Waals surface area (Å²) in [7, 11) is 1.68. The molecule has 3 nitrogen and oxygen atoms in total. The largest absolute Gasteiger partial charge is 0.394 e. The highest BCUT2D eigenvalue weighted by atomic mass is 16.5. The summed E-state index contributed by atoms with van der Waals surface area (Å²) in [5.74, 6) is 0. The third-order valence-corrected chi connectivity index (χ3v) is 2.29. The van der Waals surface area contributed by atoms with Gasteiger partial charge in [0.1, 0.15) is 0 Å². The lowest BCUT2D eigenvalue weighted by molar-refractivity contribution is 0.154. The van der Waals surface area contributed by atoms with Crippen molar-refractivity contribution in [2.45, 2.75) is 19.0 Å². The molecule has 15 heavy (non-hydrogen) atoms. The normalized spacial score (nSPS) is 14.9. The van der Waals surface area contributed by atoms with Gasteiger partial charge >= 0.3 is 0 Å². The molecule has 3 heteroatoms. The zero-order chi connectivity index (χ0) is 11.1. The SMILES string of the molecule is COCC(C)N[C@H](CO)c1ccccc1. The predicted molar refractivity (Wildman–Crippen MR) is 60.7 cm³/mol. The number of nitrogens with one attached hydrogen (secondary N) is 1. The Morgan fingerprint density at radius 2 is 2.00 bits per heavy atom. The molecule has 0 spiro atoms. The van der Waals surface area contributed by atoms with Crippen molar-refractivity contribution in [1.82, 2.24) is 5.32 Å². The van der Waals surface area contributed by atoms with Crippen LogP contribution in [0.1, 0.15) is 18.5 Å². The van der Waals surface area contributed by atoms with Crippen molar-refractivity contribution in [2.24, 2.45) is 0 Å². The van der Waals surface area contributed by atoms with Crippen molar-refractivity contribution in [3.8, 4) is 0 Å². The Kier molecular flexibility index (Phi) is 5.32. The Balaban J connectivity index is 2.56. The molecule has 1 aromatic rings. The minimum Gasteiger partial charge on any atom is -0.394 e. The zero-order valence-electron chi connectivity index (χ0n) is 9.31. The van der Waals surface area contributed by atoms with Gasteiger partial charge in [-0.1, -0.05) is 30.3 Å². The van der Waals surface area contributed by atoms with Gasteiger partial charge in [-0.3, -0.25) is 0 Å². The number of benzene rings is 1. The summed E-state index contributed by atoms with van der Waals surface area (Å²) in [6.45, 7) is 2.77. The summed E-state index contributed by atoms with van der Waals surface area (Å²) >= 11 is 0. The number of aliphatic hydroxyl groups is 1. The van der Waals surface area contributed by atoms with Crippen LogP contribution in [-0.2, 0) is 4.74 Å². The molecule has 0 saturated carbocycles. The van der Waals surface area contributed by atoms with Crippen LogP contribution < -0.4 is 5.32 Å². The second kappa shape index (κ2) is 6.56. The molecule has 1 rings (SSSR count). The summed E-state index contributed by atoms with van der Waals surface area (Å²) < 4.78 is 5.04. The van der Waals surface area contributed by atoms with E-state index in [0.717, 1.165) is 5.56 Å². The highest BCUT2D eigenvalue weighted by Crippen LogP contribution is 2.12. The first-order valence-electron chi connectivity index (χ1n) is 5.18. The van der Waals surface area contributed by atoms with E-state index < -0.39 is 0 Å². The third kappa shape index (κ3) is 4.00. The standard InChI is InChI=1S/C12H19NO2/c1-10(9-15-2)13-12(8-14)11-6-4-3-5-7-11/h3-7,10,12-14H,8-9H2,1-2H3/t10?,12-/m1/s1. The molecule has 0 saturated heterocycles. The van der Waals surface area contributed by atoms with E-state index in [4.69, 9.17) is 4.74 Å². The van der Waals surface area contributed by atoms with Crippen LogP contribution in [0, 0.1) is 0 Å². The fourth-order valence-electron chi connectivity index (χ4n) is 1.58. The van der Waals surface area contributed by atoms with Crippen LogP contribution in [0.4, 0.5) is 0 Å². The first-order valence-corrected chi connectivity index (χ1v) is 5.18. The molecule has 0 aromatic heterocycles. The quantitative estimate of drug-likeness (QED) is 0.743. The molecule has 0 radical (unpaired) electrons. The molecule has 0 fully saturated rings. The van der Waals surface area contributed by atoms with Crippen LogP contribution in [-0.4, -0.2) is 31.5 Å². The van der Waals surface area contributed by atoms with Gasteiger partial charge in [0.15, 0.2) is 0 Å². The molecule has 2 atom stereocenters. The molecule has 84 valence electrons. The molecule has 0 aliphatic rings. The van der Waals surface area contributed by atoms with Crippen molar-refractivity contribution in [1.29, 1.82) is 0 Å². The van der Waals surface area contributed by atoms with Crippen LogP contribution in [0.3, 0.4) is 0 Å². The van der Waals surface area contributed by atoms with Gasteiger partial charge in [0.2, 0.25) is 0 Å². The van der Waals surface area contributed by atoms with Crippen LogP contribution in [0.5, 0.6) is 0 Å². The first kappa shape index (κ1) is 12.2. The summed E-state index contributed by atoms with van der Waals surface area (Å²) in [6.07, 6.45) is 0. The lowest BCUT2D eigenvalue weighted by atomic mass is 10.1. The molecular formula is C12H19NO2. The van der Waals surface area contributed by atoms with E-state index >= 15 is 0 Å². The van der Waals surface area contributed by atoms with E-state index in [9.17, 15) is 5.11 Å². The second-order valence-corrected chi connectivity index (χ2v) is 3.67. The van der Waals surface area contributed by atoms with Gasteiger partial charge < -0.3 is 15.2 Å². The van der Waals surface area contributed by atoms with Crippen LogP contribution in [0.25, 0.3) is 0 Å². The second-order valence-electron chi connectivity index (χ2n) is 3.67. The summed E-state index contributed by atoms with van der Waals surface area (Å²) in [5.41, 5.74) is 1.10. The number of methoxy groups -OCH3 is 1. The van der Waals surface area contributed by atoms with E-state index in [1.54, 1.807) is 7.11 Å². The highest BCUT2D eigenvalue weighted by molar-refractivity contribution is 5.18. The monoisotopic (exact) mass is 209 g/mol. The van der Waals surface area contributed by atoms with Gasteiger partial charge in [0.25, 0.3) is 0 Å². The molecule has 0 aliphatic carbocycles. The molecule has 0 bridgehead atoms. The molecule has 1 unspecified atom stereocenters. The lowest BCUT2D eigenvalue weighted by Crippen LogP contribution is -2.35. The van der Waals surface area contributed by atoms with E-state index in [-0.39, 0.29) is 18.7 Å². The van der Waals surface area contributed by atoms with Crippen molar-refractivity contribution in [3.63, 3.8) is 0 Å². The van der Waals surface area contributed by atoms with Crippen molar-refractivity contribution in [2.75, 3.05) is 20.3 Å². The fourth-order valence-corrected chi connectivity index (χ4v) is 1.58. The Morgan fingerprint density at radius 1 is 1.33 bits per heavy atom. The van der Waals surface area contributed by atoms with E-state index in [1.165, 1.54) is 0 Å². The Hall–Kier alpha value is -0.900. The van der Waals surface area contributed by atoms with E-state index in [2.05, 4.69) is 5.32 Å². The Labute approximate surface area is 91.1 Å². The van der Waals surface area contributed by atoms with E-state index in [0.29, 0.717) is 6.61 Å². The number of rotatable bonds is 6. The fraction of sp³-hybridized carbons (Fsp3) is 0.500. The topological polar surface area (TPSA) is 41.5 Å². The van der Waals surface area contributed by atoms with Crippen molar-refractivity contribution in [3.05, 3.63) is 35.9 Å². The smallest absolute Gasteiger partial charge is 0.0626 e. The molecule has 0 heterocycles. The summed E-state index contributed by atoms with van der Waals surface area (Å²) in [6, 6.07) is 10.1. The molecular weight excluding hydrogens is 190 g/mol. The first-order chi connectivity index (χ1) is 7.27. The minimum absolute atomic E-state index is 0.0173. The van der Waals surface area contributed by atoms with Crippen LogP contribution >= 0.6 is 0 Å². The van der Waals surface area contributed by atoms with Gasteiger partial charge in [-0.2, -0.15) is 0 Å². The van der Waals surface area contributed by atoms with Crippen molar-refractivity contribution < 1.29 is 9.84 Å². The average molecular weight is 209 g/mol. The maximum Gasteiger partial charge on any atom is 0.0626 e. The van der Waals surface area contributed by atoms with Gasteiger partial charge in [-0.25, -0.2) is 0 Å².